The average Bonchev–Trinajstić information content (AvgIpc) is 3.11. The van der Waals surface area contributed by atoms with E-state index in [-0.39, 0.29) is 29.2 Å². The summed E-state index contributed by atoms with van der Waals surface area (Å²) in [5.41, 5.74) is 9.70. The third kappa shape index (κ3) is 1.87. The van der Waals surface area contributed by atoms with Crippen LogP contribution in [-0.4, -0.2) is 21.6 Å². The molecule has 0 bridgehead atoms. The molecule has 1 aromatic heterocycles. The molecule has 1 amide bonds. The van der Waals surface area contributed by atoms with Crippen LogP contribution in [-0.2, 0) is 10.2 Å². The molecule has 3 aliphatic heterocycles. The summed E-state index contributed by atoms with van der Waals surface area (Å²) in [6.45, 7) is 10.2. The molecule has 1 spiro atoms. The van der Waals surface area contributed by atoms with Gasteiger partial charge in [-0.25, -0.2) is 0 Å². The van der Waals surface area contributed by atoms with E-state index in [1.54, 1.807) is 0 Å². The SMILES string of the molecule is Cc1cc2c3c(c1)[C@]1(C(=O)N3C(C)(C)C[C@@H]2C)C(C#N)=C(N)Oc2n[nH]c(C)c21. The van der Waals surface area contributed by atoms with Crippen molar-refractivity contribution in [3.8, 4) is 11.9 Å². The number of aryl methyl sites for hydroxylation is 2. The van der Waals surface area contributed by atoms with Gasteiger partial charge in [0.25, 0.3) is 0 Å². The van der Waals surface area contributed by atoms with Gasteiger partial charge in [0.1, 0.15) is 17.1 Å². The van der Waals surface area contributed by atoms with E-state index in [2.05, 4.69) is 43.1 Å². The van der Waals surface area contributed by atoms with Crippen molar-refractivity contribution in [2.45, 2.75) is 57.9 Å². The van der Waals surface area contributed by atoms with Crippen molar-refractivity contribution >= 4 is 11.6 Å². The van der Waals surface area contributed by atoms with Gasteiger partial charge in [0, 0.05) is 16.8 Å². The number of rotatable bonds is 0. The van der Waals surface area contributed by atoms with Crippen LogP contribution in [0.2, 0.25) is 0 Å². The molecule has 3 N–H and O–H groups in total. The van der Waals surface area contributed by atoms with Gasteiger partial charge in [0.2, 0.25) is 17.7 Å². The molecule has 29 heavy (non-hydrogen) atoms. The molecule has 1 aromatic carbocycles. The number of carbonyl (C=O) groups is 1. The summed E-state index contributed by atoms with van der Waals surface area (Å²) >= 11 is 0. The van der Waals surface area contributed by atoms with Crippen molar-refractivity contribution < 1.29 is 9.53 Å². The number of ether oxygens (including phenoxy) is 1. The Morgan fingerprint density at radius 2 is 2.10 bits per heavy atom. The highest BCUT2D eigenvalue weighted by Gasteiger charge is 2.64. The van der Waals surface area contributed by atoms with Crippen LogP contribution in [0, 0.1) is 25.2 Å². The second kappa shape index (κ2) is 5.20. The number of nitriles is 1. The van der Waals surface area contributed by atoms with Crippen molar-refractivity contribution in [2.24, 2.45) is 5.73 Å². The molecule has 7 heteroatoms. The molecule has 2 aromatic rings. The molecule has 0 unspecified atom stereocenters. The van der Waals surface area contributed by atoms with Gasteiger partial charge in [-0.1, -0.05) is 24.6 Å². The summed E-state index contributed by atoms with van der Waals surface area (Å²) in [6.07, 6.45) is 0.833. The van der Waals surface area contributed by atoms with E-state index in [1.807, 2.05) is 24.8 Å². The summed E-state index contributed by atoms with van der Waals surface area (Å²) < 4.78 is 5.65. The maximum Gasteiger partial charge on any atom is 0.248 e. The predicted octanol–water partition coefficient (Wildman–Crippen LogP) is 3.03. The highest BCUT2D eigenvalue weighted by Crippen LogP contribution is 2.61. The Bertz CT molecular complexity index is 1180. The molecule has 148 valence electrons. The van der Waals surface area contributed by atoms with Gasteiger partial charge in [-0.3, -0.25) is 9.89 Å². The van der Waals surface area contributed by atoms with Crippen LogP contribution < -0.4 is 15.4 Å². The number of aromatic amines is 1. The predicted molar refractivity (Wildman–Crippen MR) is 107 cm³/mol. The first kappa shape index (κ1) is 17.8. The fourth-order valence-corrected chi connectivity index (χ4v) is 5.64. The lowest BCUT2D eigenvalue weighted by Gasteiger charge is -2.44. The van der Waals surface area contributed by atoms with Crippen LogP contribution in [0.25, 0.3) is 0 Å². The summed E-state index contributed by atoms with van der Waals surface area (Å²) in [4.78, 5) is 16.2. The average molecular weight is 389 g/mol. The molecule has 4 heterocycles. The first-order valence-electron chi connectivity index (χ1n) is 9.78. The Kier molecular flexibility index (Phi) is 3.19. The number of carbonyl (C=O) groups excluding carboxylic acids is 1. The summed E-state index contributed by atoms with van der Waals surface area (Å²) in [6, 6.07) is 6.36. The molecule has 0 saturated carbocycles. The minimum Gasteiger partial charge on any atom is -0.420 e. The Hall–Kier alpha value is -3.27. The Labute approximate surface area is 169 Å². The molecular formula is C22H23N5O2. The van der Waals surface area contributed by atoms with Crippen LogP contribution in [0.5, 0.6) is 5.88 Å². The fourth-order valence-electron chi connectivity index (χ4n) is 5.64. The second-order valence-electron chi connectivity index (χ2n) is 9.04. The maximum absolute atomic E-state index is 14.3. The number of aromatic nitrogens is 2. The molecule has 0 fully saturated rings. The van der Waals surface area contributed by atoms with Gasteiger partial charge in [0.15, 0.2) is 0 Å². The quantitative estimate of drug-likeness (QED) is 0.720. The standard InChI is InChI=1S/C22H23N5O2/c1-10-6-13-11(2)8-21(4,5)27-17(13)14(7-10)22(20(27)28)15(9-23)18(24)29-19-16(22)12(3)25-26-19/h6-7,11H,8,24H2,1-5H3,(H,25,26)/t11-,22-/m0/s1. The fraction of sp³-hybridized carbons (Fsp3) is 0.409. The van der Waals surface area contributed by atoms with Crippen molar-refractivity contribution in [3.05, 3.63) is 51.5 Å². The Morgan fingerprint density at radius 3 is 2.79 bits per heavy atom. The topological polar surface area (TPSA) is 108 Å². The molecule has 0 aliphatic carbocycles. The molecule has 5 rings (SSSR count). The van der Waals surface area contributed by atoms with E-state index in [0.717, 1.165) is 28.8 Å². The summed E-state index contributed by atoms with van der Waals surface area (Å²) in [7, 11) is 0. The van der Waals surface area contributed by atoms with Crippen molar-refractivity contribution in [2.75, 3.05) is 4.90 Å². The molecule has 0 radical (unpaired) electrons. The lowest BCUT2D eigenvalue weighted by molar-refractivity contribution is -0.122. The number of fused-ring (bicyclic) bond motifs is 3. The first-order valence-corrected chi connectivity index (χ1v) is 9.78. The largest absolute Gasteiger partial charge is 0.420 e. The number of amides is 1. The summed E-state index contributed by atoms with van der Waals surface area (Å²) in [5.74, 6) is 0.313. The van der Waals surface area contributed by atoms with E-state index >= 15 is 0 Å². The van der Waals surface area contributed by atoms with E-state index in [4.69, 9.17) is 10.5 Å². The number of H-pyrrole nitrogens is 1. The third-order valence-electron chi connectivity index (χ3n) is 6.61. The minimum atomic E-state index is -1.35. The maximum atomic E-state index is 14.3. The van der Waals surface area contributed by atoms with Gasteiger partial charge in [-0.2, -0.15) is 5.26 Å². The van der Waals surface area contributed by atoms with Gasteiger partial charge in [-0.05, 0) is 45.6 Å². The zero-order chi connectivity index (χ0) is 20.9. The number of nitrogens with zero attached hydrogens (tertiary/aromatic N) is 3. The molecule has 7 nitrogen and oxygen atoms in total. The van der Waals surface area contributed by atoms with E-state index in [0.29, 0.717) is 11.3 Å². The van der Waals surface area contributed by atoms with E-state index in [1.165, 1.54) is 0 Å². The van der Waals surface area contributed by atoms with Crippen LogP contribution >= 0.6 is 0 Å². The number of nitrogens with one attached hydrogen (secondary N) is 1. The number of hydrogen-bond acceptors (Lipinski definition) is 5. The van der Waals surface area contributed by atoms with Gasteiger partial charge < -0.3 is 15.4 Å². The minimum absolute atomic E-state index is 0.0687. The first-order chi connectivity index (χ1) is 13.6. The molecule has 3 aliphatic rings. The highest BCUT2D eigenvalue weighted by atomic mass is 16.5. The van der Waals surface area contributed by atoms with Crippen molar-refractivity contribution in [1.82, 2.24) is 10.2 Å². The van der Waals surface area contributed by atoms with E-state index < -0.39 is 11.0 Å². The monoisotopic (exact) mass is 389 g/mol. The van der Waals surface area contributed by atoms with E-state index in [9.17, 15) is 10.1 Å². The smallest absolute Gasteiger partial charge is 0.248 e. The van der Waals surface area contributed by atoms with Crippen molar-refractivity contribution in [1.29, 1.82) is 5.26 Å². The van der Waals surface area contributed by atoms with Crippen LogP contribution in [0.1, 0.15) is 61.1 Å². The summed E-state index contributed by atoms with van der Waals surface area (Å²) in [5, 5.41) is 17.3. The normalized spacial score (nSPS) is 26.3. The molecule has 2 atom stereocenters. The zero-order valence-corrected chi connectivity index (χ0v) is 17.2. The number of nitrogens with two attached hydrogens (primary N) is 1. The lowest BCUT2D eigenvalue weighted by atomic mass is 9.68. The van der Waals surface area contributed by atoms with Gasteiger partial charge in [-0.15, -0.1) is 5.10 Å². The van der Waals surface area contributed by atoms with Crippen LogP contribution in [0.15, 0.2) is 23.6 Å². The molecular weight excluding hydrogens is 366 g/mol. The Morgan fingerprint density at radius 1 is 1.38 bits per heavy atom. The van der Waals surface area contributed by atoms with Gasteiger partial charge in [0.05, 0.1) is 11.3 Å². The van der Waals surface area contributed by atoms with Crippen LogP contribution in [0.3, 0.4) is 0 Å². The zero-order valence-electron chi connectivity index (χ0n) is 17.2. The third-order valence-corrected chi connectivity index (χ3v) is 6.61. The lowest BCUT2D eigenvalue weighted by Crippen LogP contribution is -2.54. The molecule has 0 saturated heterocycles. The number of anilines is 1. The van der Waals surface area contributed by atoms with Crippen LogP contribution in [0.4, 0.5) is 5.69 Å². The highest BCUT2D eigenvalue weighted by molar-refractivity contribution is 6.16. The second-order valence-corrected chi connectivity index (χ2v) is 9.04. The Balaban J connectivity index is 2.00. The van der Waals surface area contributed by atoms with Gasteiger partial charge >= 0.3 is 0 Å². The number of hydrogen-bond donors (Lipinski definition) is 2. The van der Waals surface area contributed by atoms with Crippen molar-refractivity contribution in [3.63, 3.8) is 0 Å². The number of benzene rings is 1.